The molecule has 2 N–H and O–H groups in total. The fraction of sp³-hybridized carbons (Fsp3) is 0.214. The van der Waals surface area contributed by atoms with Crippen LogP contribution in [0.2, 0.25) is 0 Å². The van der Waals surface area contributed by atoms with Gasteiger partial charge in [-0.2, -0.15) is 0 Å². The second-order valence-electron chi connectivity index (χ2n) is 4.93. The molecule has 2 heterocycles. The molecule has 9 nitrogen and oxygen atoms in total. The lowest BCUT2D eigenvalue weighted by Gasteiger charge is -2.07. The van der Waals surface area contributed by atoms with Gasteiger partial charge in [0.15, 0.2) is 11.6 Å². The van der Waals surface area contributed by atoms with Crippen LogP contribution < -0.4 is 10.6 Å². The monoisotopic (exact) mass is 313 g/mol. The van der Waals surface area contributed by atoms with E-state index < -0.39 is 0 Å². The van der Waals surface area contributed by atoms with Crippen molar-refractivity contribution in [1.29, 1.82) is 0 Å². The molecule has 0 bridgehead atoms. The largest absolute Gasteiger partial charge is 0.376 e. The first-order valence-corrected chi connectivity index (χ1v) is 6.91. The van der Waals surface area contributed by atoms with Gasteiger partial charge in [-0.3, -0.25) is 4.79 Å². The van der Waals surface area contributed by atoms with E-state index >= 15 is 0 Å². The van der Waals surface area contributed by atoms with Gasteiger partial charge in [0.25, 0.3) is 0 Å². The molecule has 118 valence electrons. The van der Waals surface area contributed by atoms with Crippen molar-refractivity contribution in [3.05, 3.63) is 36.1 Å². The Hall–Kier alpha value is -3.23. The zero-order valence-electron chi connectivity index (χ0n) is 12.6. The lowest BCUT2D eigenvalue weighted by Crippen LogP contribution is -2.21. The van der Waals surface area contributed by atoms with E-state index in [-0.39, 0.29) is 12.5 Å². The minimum absolute atomic E-state index is 0.104. The summed E-state index contributed by atoms with van der Waals surface area (Å²) in [4.78, 5) is 11.9. The second-order valence-corrected chi connectivity index (χ2v) is 4.93. The Morgan fingerprint density at radius 2 is 2.22 bits per heavy atom. The van der Waals surface area contributed by atoms with Crippen molar-refractivity contribution < 1.29 is 9.32 Å². The number of anilines is 2. The maximum absolute atomic E-state index is 11.9. The molecule has 3 aromatic rings. The van der Waals surface area contributed by atoms with Crippen LogP contribution in [-0.2, 0) is 11.8 Å². The molecule has 0 aliphatic carbocycles. The molecule has 1 aromatic carbocycles. The molecule has 9 heteroatoms. The van der Waals surface area contributed by atoms with E-state index in [4.69, 9.17) is 4.52 Å². The average Bonchev–Trinajstić information content (AvgIpc) is 3.14. The molecule has 2 aromatic heterocycles. The van der Waals surface area contributed by atoms with Crippen molar-refractivity contribution >= 4 is 17.4 Å². The average molecular weight is 313 g/mol. The molecular formula is C14H15N7O2. The molecule has 0 saturated carbocycles. The number of benzene rings is 1. The molecule has 0 spiro atoms. The van der Waals surface area contributed by atoms with Gasteiger partial charge in [0.1, 0.15) is 5.76 Å². The van der Waals surface area contributed by atoms with Crippen molar-refractivity contribution in [3.63, 3.8) is 0 Å². The van der Waals surface area contributed by atoms with Gasteiger partial charge in [-0.25, -0.2) is 4.68 Å². The predicted molar refractivity (Wildman–Crippen MR) is 82.6 cm³/mol. The Morgan fingerprint density at radius 3 is 2.91 bits per heavy atom. The first-order chi connectivity index (χ1) is 11.1. The van der Waals surface area contributed by atoms with Gasteiger partial charge >= 0.3 is 0 Å². The Bertz CT molecular complexity index is 824. The zero-order valence-corrected chi connectivity index (χ0v) is 12.6. The summed E-state index contributed by atoms with van der Waals surface area (Å²) in [7, 11) is 1.77. The summed E-state index contributed by atoms with van der Waals surface area (Å²) in [6.45, 7) is 1.86. The van der Waals surface area contributed by atoms with Gasteiger partial charge in [0, 0.05) is 24.4 Å². The minimum atomic E-state index is -0.218. The number of nitrogens with zero attached hydrogens (tertiary/aromatic N) is 5. The maximum Gasteiger partial charge on any atom is 0.244 e. The van der Waals surface area contributed by atoms with Crippen LogP contribution in [0, 0.1) is 6.92 Å². The van der Waals surface area contributed by atoms with Crippen LogP contribution in [0.3, 0.4) is 0 Å². The number of hydrogen-bond acceptors (Lipinski definition) is 7. The second kappa shape index (κ2) is 6.26. The van der Waals surface area contributed by atoms with Crippen molar-refractivity contribution in [1.82, 2.24) is 25.4 Å². The van der Waals surface area contributed by atoms with E-state index in [0.717, 1.165) is 11.3 Å². The van der Waals surface area contributed by atoms with Gasteiger partial charge in [0.05, 0.1) is 6.54 Å². The van der Waals surface area contributed by atoms with Crippen LogP contribution in [0.5, 0.6) is 0 Å². The number of aryl methyl sites for hydroxylation is 2. The van der Waals surface area contributed by atoms with Gasteiger partial charge in [-0.1, -0.05) is 17.3 Å². The highest BCUT2D eigenvalue weighted by molar-refractivity contribution is 5.92. The van der Waals surface area contributed by atoms with Crippen LogP contribution in [-0.4, -0.2) is 37.8 Å². The van der Waals surface area contributed by atoms with Crippen LogP contribution in [0.25, 0.3) is 11.4 Å². The van der Waals surface area contributed by atoms with E-state index in [9.17, 15) is 4.79 Å². The zero-order chi connectivity index (χ0) is 16.2. The summed E-state index contributed by atoms with van der Waals surface area (Å²) in [5.41, 5.74) is 1.65. The number of rotatable bonds is 5. The summed E-state index contributed by atoms with van der Waals surface area (Å²) in [5, 5.41) is 20.8. The third kappa shape index (κ3) is 3.51. The lowest BCUT2D eigenvalue weighted by molar-refractivity contribution is -0.114. The fourth-order valence-electron chi connectivity index (χ4n) is 2.04. The molecule has 0 unspecified atom stereocenters. The summed E-state index contributed by atoms with van der Waals surface area (Å²) in [5.74, 6) is 1.46. The van der Waals surface area contributed by atoms with Crippen molar-refractivity contribution in [3.8, 4) is 11.4 Å². The number of nitrogens with one attached hydrogen (secondary N) is 2. The van der Waals surface area contributed by atoms with Crippen LogP contribution in [0.4, 0.5) is 11.5 Å². The summed E-state index contributed by atoms with van der Waals surface area (Å²) < 4.78 is 6.47. The standard InChI is InChI=1S/C14H15N7O2/c1-9-6-12(18-23-9)16-13(22)8-15-11-5-3-4-10(7-11)14-17-19-20-21(14)2/h3-7,15H,8H2,1-2H3,(H,16,18,22). The van der Waals surface area contributed by atoms with E-state index in [1.54, 1.807) is 24.7 Å². The Kier molecular flexibility index (Phi) is 4.00. The third-order valence-electron chi connectivity index (χ3n) is 3.09. The molecule has 23 heavy (non-hydrogen) atoms. The topological polar surface area (TPSA) is 111 Å². The number of carbonyl (C=O) groups is 1. The van der Waals surface area contributed by atoms with E-state index in [0.29, 0.717) is 17.4 Å². The van der Waals surface area contributed by atoms with Gasteiger partial charge in [-0.15, -0.1) is 5.10 Å². The molecule has 0 radical (unpaired) electrons. The Labute approximate surface area is 131 Å². The maximum atomic E-state index is 11.9. The number of aromatic nitrogens is 5. The van der Waals surface area contributed by atoms with E-state index in [1.165, 1.54) is 0 Å². The number of carbonyl (C=O) groups excluding carboxylic acids is 1. The van der Waals surface area contributed by atoms with Crippen LogP contribution in [0.1, 0.15) is 5.76 Å². The highest BCUT2D eigenvalue weighted by atomic mass is 16.5. The van der Waals surface area contributed by atoms with Gasteiger partial charge in [0.2, 0.25) is 5.91 Å². The normalized spacial score (nSPS) is 10.5. The molecule has 0 atom stereocenters. The predicted octanol–water partition coefficient (Wildman–Crippen LogP) is 1.22. The summed E-state index contributed by atoms with van der Waals surface area (Å²) >= 11 is 0. The van der Waals surface area contributed by atoms with Crippen molar-refractivity contribution in [2.45, 2.75) is 6.92 Å². The summed E-state index contributed by atoms with van der Waals surface area (Å²) in [6.07, 6.45) is 0. The molecule has 0 saturated heterocycles. The summed E-state index contributed by atoms with van der Waals surface area (Å²) in [6, 6.07) is 9.15. The first kappa shape index (κ1) is 14.7. The number of tetrazole rings is 1. The van der Waals surface area contributed by atoms with Gasteiger partial charge in [-0.05, 0) is 29.5 Å². The number of amides is 1. The molecule has 0 aliphatic heterocycles. The molecule has 3 rings (SSSR count). The van der Waals surface area contributed by atoms with E-state index in [2.05, 4.69) is 31.3 Å². The molecule has 0 aliphatic rings. The molecule has 0 fully saturated rings. The number of hydrogen-bond donors (Lipinski definition) is 2. The van der Waals surface area contributed by atoms with Gasteiger partial charge < -0.3 is 15.2 Å². The highest BCUT2D eigenvalue weighted by Gasteiger charge is 2.08. The Balaban J connectivity index is 1.62. The first-order valence-electron chi connectivity index (χ1n) is 6.91. The van der Waals surface area contributed by atoms with Crippen molar-refractivity contribution in [2.75, 3.05) is 17.2 Å². The SMILES string of the molecule is Cc1cc(NC(=O)CNc2cccc(-c3nnnn3C)c2)no1. The Morgan fingerprint density at radius 1 is 1.35 bits per heavy atom. The minimum Gasteiger partial charge on any atom is -0.376 e. The molecule has 1 amide bonds. The van der Waals surface area contributed by atoms with E-state index in [1.807, 2.05) is 24.3 Å². The molecular weight excluding hydrogens is 298 g/mol. The lowest BCUT2D eigenvalue weighted by atomic mass is 10.2. The van der Waals surface area contributed by atoms with Crippen molar-refractivity contribution in [2.24, 2.45) is 7.05 Å². The van der Waals surface area contributed by atoms with Crippen LogP contribution in [0.15, 0.2) is 34.9 Å². The fourth-order valence-corrected chi connectivity index (χ4v) is 2.04. The quantitative estimate of drug-likeness (QED) is 0.728. The third-order valence-corrected chi connectivity index (χ3v) is 3.09. The highest BCUT2D eigenvalue weighted by Crippen LogP contribution is 2.19. The smallest absolute Gasteiger partial charge is 0.244 e. The van der Waals surface area contributed by atoms with Crippen LogP contribution >= 0.6 is 0 Å².